The summed E-state index contributed by atoms with van der Waals surface area (Å²) in [5.41, 5.74) is 0.784. The van der Waals surface area contributed by atoms with Crippen molar-refractivity contribution in [1.29, 1.82) is 0 Å². The highest BCUT2D eigenvalue weighted by Gasteiger charge is 2.26. The highest BCUT2D eigenvalue weighted by Crippen LogP contribution is 2.22. The standard InChI is InChI=1S/C25H31FN4O3/c1-4-5-8-14-29(25(32)27-20-11-9-10-19(26)17-20)18(2)23-28-22-13-7-6-12-21(22)24(31)30(23)15-16-33-3/h6-7,9-13,17-18H,4-5,8,14-16H2,1-3H3,(H,27,32). The minimum atomic E-state index is -0.496. The van der Waals surface area contributed by atoms with Gasteiger partial charge in [-0.15, -0.1) is 0 Å². The lowest BCUT2D eigenvalue weighted by molar-refractivity contribution is 0.173. The molecule has 3 aromatic rings. The first-order valence-electron chi connectivity index (χ1n) is 11.3. The van der Waals surface area contributed by atoms with E-state index in [2.05, 4.69) is 12.2 Å². The van der Waals surface area contributed by atoms with Crippen molar-refractivity contribution >= 4 is 22.6 Å². The molecule has 2 aromatic carbocycles. The van der Waals surface area contributed by atoms with E-state index in [0.717, 1.165) is 19.3 Å². The van der Waals surface area contributed by atoms with E-state index in [1.165, 1.54) is 12.1 Å². The maximum Gasteiger partial charge on any atom is 0.322 e. The fraction of sp³-hybridized carbons (Fsp3) is 0.400. The van der Waals surface area contributed by atoms with Gasteiger partial charge in [-0.1, -0.05) is 38.0 Å². The van der Waals surface area contributed by atoms with Crippen molar-refractivity contribution in [3.63, 3.8) is 0 Å². The number of nitrogens with zero attached hydrogens (tertiary/aromatic N) is 3. The monoisotopic (exact) mass is 454 g/mol. The molecule has 1 N–H and O–H groups in total. The SMILES string of the molecule is CCCCCN(C(=O)Nc1cccc(F)c1)C(C)c1nc2ccccc2c(=O)n1CCOC. The van der Waals surface area contributed by atoms with Crippen molar-refractivity contribution in [1.82, 2.24) is 14.5 Å². The van der Waals surface area contributed by atoms with E-state index in [4.69, 9.17) is 9.72 Å². The lowest BCUT2D eigenvalue weighted by Crippen LogP contribution is -2.41. The number of anilines is 1. The summed E-state index contributed by atoms with van der Waals surface area (Å²) >= 11 is 0. The summed E-state index contributed by atoms with van der Waals surface area (Å²) in [6.07, 6.45) is 2.76. The van der Waals surface area contributed by atoms with Crippen molar-refractivity contribution in [2.75, 3.05) is 25.6 Å². The fourth-order valence-electron chi connectivity index (χ4n) is 3.81. The van der Waals surface area contributed by atoms with Crippen molar-refractivity contribution in [2.45, 2.75) is 45.7 Å². The maximum atomic E-state index is 13.6. The Labute approximate surface area is 193 Å². The number of fused-ring (bicyclic) bond motifs is 1. The topological polar surface area (TPSA) is 76.5 Å². The Morgan fingerprint density at radius 1 is 1.21 bits per heavy atom. The Kier molecular flexibility index (Phi) is 8.54. The van der Waals surface area contributed by atoms with E-state index < -0.39 is 11.9 Å². The van der Waals surface area contributed by atoms with Crippen LogP contribution < -0.4 is 10.9 Å². The predicted molar refractivity (Wildman–Crippen MR) is 128 cm³/mol. The largest absolute Gasteiger partial charge is 0.383 e. The highest BCUT2D eigenvalue weighted by molar-refractivity contribution is 5.89. The summed E-state index contributed by atoms with van der Waals surface area (Å²) in [6, 6.07) is 12.1. The molecule has 0 saturated carbocycles. The molecule has 1 unspecified atom stereocenters. The number of halogens is 1. The summed E-state index contributed by atoms with van der Waals surface area (Å²) < 4.78 is 20.4. The van der Waals surface area contributed by atoms with Crippen LogP contribution in [0, 0.1) is 5.82 Å². The van der Waals surface area contributed by atoms with E-state index in [1.54, 1.807) is 46.9 Å². The second-order valence-corrected chi connectivity index (χ2v) is 7.95. The number of para-hydroxylation sites is 1. The quantitative estimate of drug-likeness (QED) is 0.439. The lowest BCUT2D eigenvalue weighted by Gasteiger charge is -2.30. The Morgan fingerprint density at radius 3 is 2.73 bits per heavy atom. The number of carbonyl (C=O) groups excluding carboxylic acids is 1. The molecule has 0 aliphatic rings. The van der Waals surface area contributed by atoms with Gasteiger partial charge in [0.1, 0.15) is 11.6 Å². The summed E-state index contributed by atoms with van der Waals surface area (Å²) in [6.45, 7) is 5.08. The molecule has 176 valence electrons. The number of rotatable bonds is 10. The molecule has 1 aromatic heterocycles. The van der Waals surface area contributed by atoms with Gasteiger partial charge < -0.3 is 15.0 Å². The van der Waals surface area contributed by atoms with Crippen LogP contribution in [0.1, 0.15) is 45.0 Å². The average Bonchev–Trinajstić information content (AvgIpc) is 2.81. The third-order valence-corrected chi connectivity index (χ3v) is 5.59. The third kappa shape index (κ3) is 5.96. The van der Waals surface area contributed by atoms with Crippen molar-refractivity contribution < 1.29 is 13.9 Å². The van der Waals surface area contributed by atoms with Crippen LogP contribution in [0.4, 0.5) is 14.9 Å². The lowest BCUT2D eigenvalue weighted by atomic mass is 10.1. The second-order valence-electron chi connectivity index (χ2n) is 7.95. The van der Waals surface area contributed by atoms with Crippen LogP contribution in [0.3, 0.4) is 0 Å². The van der Waals surface area contributed by atoms with Gasteiger partial charge in [0.15, 0.2) is 0 Å². The molecule has 33 heavy (non-hydrogen) atoms. The van der Waals surface area contributed by atoms with Gasteiger partial charge in [0.25, 0.3) is 5.56 Å². The maximum absolute atomic E-state index is 13.6. The van der Waals surface area contributed by atoms with Crippen molar-refractivity contribution in [3.05, 3.63) is 70.5 Å². The number of ether oxygens (including phenoxy) is 1. The molecule has 3 rings (SSSR count). The number of unbranched alkanes of at least 4 members (excludes halogenated alkanes) is 2. The van der Waals surface area contributed by atoms with Gasteiger partial charge in [0.2, 0.25) is 0 Å². The zero-order chi connectivity index (χ0) is 23.8. The van der Waals surface area contributed by atoms with Crippen LogP contribution in [0.5, 0.6) is 0 Å². The average molecular weight is 455 g/mol. The van der Waals surface area contributed by atoms with Crippen LogP contribution in [0.15, 0.2) is 53.3 Å². The van der Waals surface area contributed by atoms with Gasteiger partial charge in [0, 0.05) is 19.3 Å². The number of urea groups is 1. The zero-order valence-electron chi connectivity index (χ0n) is 19.4. The van der Waals surface area contributed by atoms with Gasteiger partial charge in [-0.05, 0) is 43.7 Å². The molecule has 0 aliphatic carbocycles. The Balaban J connectivity index is 2.00. The van der Waals surface area contributed by atoms with E-state index in [-0.39, 0.29) is 11.6 Å². The first-order valence-corrected chi connectivity index (χ1v) is 11.3. The molecule has 0 saturated heterocycles. The summed E-state index contributed by atoms with van der Waals surface area (Å²) in [7, 11) is 1.58. The highest BCUT2D eigenvalue weighted by atomic mass is 19.1. The van der Waals surface area contributed by atoms with E-state index >= 15 is 0 Å². The minimum Gasteiger partial charge on any atom is -0.383 e. The molecule has 0 bridgehead atoms. The summed E-state index contributed by atoms with van der Waals surface area (Å²) in [4.78, 5) is 32.9. The van der Waals surface area contributed by atoms with Crippen LogP contribution in [-0.4, -0.2) is 40.7 Å². The van der Waals surface area contributed by atoms with Crippen LogP contribution in [0.25, 0.3) is 10.9 Å². The van der Waals surface area contributed by atoms with Crippen LogP contribution in [0.2, 0.25) is 0 Å². The van der Waals surface area contributed by atoms with Gasteiger partial charge in [-0.3, -0.25) is 9.36 Å². The molecule has 0 fully saturated rings. The molecular formula is C25H31FN4O3. The molecular weight excluding hydrogens is 423 g/mol. The molecule has 0 aliphatic heterocycles. The predicted octanol–water partition coefficient (Wildman–Crippen LogP) is 4.97. The van der Waals surface area contributed by atoms with E-state index in [1.807, 2.05) is 13.0 Å². The first kappa shape index (κ1) is 24.4. The van der Waals surface area contributed by atoms with Gasteiger partial charge in [-0.25, -0.2) is 14.2 Å². The number of methoxy groups -OCH3 is 1. The Bertz CT molecular complexity index is 1150. The molecule has 0 spiro atoms. The first-order chi connectivity index (χ1) is 16.0. The van der Waals surface area contributed by atoms with Gasteiger partial charge >= 0.3 is 6.03 Å². The number of hydrogen-bond donors (Lipinski definition) is 1. The van der Waals surface area contributed by atoms with E-state index in [9.17, 15) is 14.0 Å². The number of aromatic nitrogens is 2. The Morgan fingerprint density at radius 2 is 2.00 bits per heavy atom. The molecule has 0 radical (unpaired) electrons. The zero-order valence-corrected chi connectivity index (χ0v) is 19.4. The van der Waals surface area contributed by atoms with Crippen molar-refractivity contribution in [2.24, 2.45) is 0 Å². The second kappa shape index (κ2) is 11.6. The molecule has 1 atom stereocenters. The number of carbonyl (C=O) groups is 1. The molecule has 8 heteroatoms. The smallest absolute Gasteiger partial charge is 0.322 e. The Hall–Kier alpha value is -3.26. The van der Waals surface area contributed by atoms with Crippen molar-refractivity contribution in [3.8, 4) is 0 Å². The van der Waals surface area contributed by atoms with Gasteiger partial charge in [-0.2, -0.15) is 0 Å². The minimum absolute atomic E-state index is 0.168. The third-order valence-electron chi connectivity index (χ3n) is 5.59. The molecule has 2 amide bonds. The molecule has 1 heterocycles. The number of amides is 2. The van der Waals surface area contributed by atoms with Crippen LogP contribution >= 0.6 is 0 Å². The van der Waals surface area contributed by atoms with Gasteiger partial charge in [0.05, 0.1) is 30.1 Å². The fourth-order valence-corrected chi connectivity index (χ4v) is 3.81. The summed E-state index contributed by atoms with van der Waals surface area (Å²) in [5.74, 6) is 0.0598. The molecule has 7 nitrogen and oxygen atoms in total. The van der Waals surface area contributed by atoms with E-state index in [0.29, 0.717) is 42.1 Å². The number of nitrogens with one attached hydrogen (secondary N) is 1. The summed E-state index contributed by atoms with van der Waals surface area (Å²) in [5, 5.41) is 3.30. The number of hydrogen-bond acceptors (Lipinski definition) is 4. The number of benzene rings is 2. The van der Waals surface area contributed by atoms with Crippen LogP contribution in [-0.2, 0) is 11.3 Å². The normalized spacial score (nSPS) is 12.0.